The minimum atomic E-state index is -0.447. The fourth-order valence-electron chi connectivity index (χ4n) is 3.48. The van der Waals surface area contributed by atoms with Crippen LogP contribution < -0.4 is 16.0 Å². The minimum absolute atomic E-state index is 0.205. The van der Waals surface area contributed by atoms with Crippen molar-refractivity contribution < 1.29 is 18.8 Å². The summed E-state index contributed by atoms with van der Waals surface area (Å²) in [4.78, 5) is 31.7. The van der Waals surface area contributed by atoms with Crippen LogP contribution in [-0.2, 0) is 16.7 Å². The Morgan fingerprint density at radius 2 is 1.66 bits per heavy atom. The molecule has 3 heterocycles. The Morgan fingerprint density at radius 1 is 0.971 bits per heavy atom. The lowest BCUT2D eigenvalue weighted by molar-refractivity contribution is 0.0336. The van der Waals surface area contributed by atoms with Crippen LogP contribution in [-0.4, -0.2) is 53.3 Å². The second-order valence-electron chi connectivity index (χ2n) is 9.34. The summed E-state index contributed by atoms with van der Waals surface area (Å²) < 4.78 is 10.6. The Bertz CT molecular complexity index is 1160. The highest BCUT2D eigenvalue weighted by Crippen LogP contribution is 2.24. The van der Waals surface area contributed by atoms with Gasteiger partial charge in [0, 0.05) is 42.5 Å². The molecule has 1 aliphatic rings. The third-order valence-corrected chi connectivity index (χ3v) is 5.42. The summed E-state index contributed by atoms with van der Waals surface area (Å²) >= 11 is 0. The third-order valence-electron chi connectivity index (χ3n) is 5.42. The van der Waals surface area contributed by atoms with Gasteiger partial charge in [-0.3, -0.25) is 15.0 Å². The summed E-state index contributed by atoms with van der Waals surface area (Å²) in [6.07, 6.45) is 0. The van der Waals surface area contributed by atoms with Crippen LogP contribution in [0.5, 0.6) is 0 Å². The third kappa shape index (κ3) is 6.87. The Hall–Kier alpha value is -3.76. The number of benzene rings is 1. The number of pyridine rings is 1. The summed E-state index contributed by atoms with van der Waals surface area (Å²) in [5.74, 6) is 0.710. The van der Waals surface area contributed by atoms with E-state index in [-0.39, 0.29) is 11.3 Å². The van der Waals surface area contributed by atoms with Crippen LogP contribution in [0, 0.1) is 0 Å². The normalized spacial score (nSPS) is 14.4. The molecule has 0 saturated carbocycles. The maximum absolute atomic E-state index is 12.7. The predicted octanol–water partition coefficient (Wildman–Crippen LogP) is 4.10. The van der Waals surface area contributed by atoms with Gasteiger partial charge in [0.1, 0.15) is 11.5 Å². The molecule has 184 valence electrons. The first-order chi connectivity index (χ1) is 16.8. The van der Waals surface area contributed by atoms with Crippen LogP contribution in [0.4, 0.5) is 22.0 Å². The standard InChI is InChI=1S/C25H30N6O4/c1-25(2,3)21-15-22(30-35-21)29-24(33)28-18-9-7-17(8-10-18)27-23(32)20-6-4-5-19(26-20)16-31-11-13-34-14-12-31/h4-10,15H,11-14,16H2,1-3H3,(H,27,32)(H2,28,29,30,33). The van der Waals surface area contributed by atoms with Gasteiger partial charge in [0.05, 0.1) is 18.9 Å². The van der Waals surface area contributed by atoms with Crippen LogP contribution in [0.25, 0.3) is 0 Å². The molecule has 0 bridgehead atoms. The Kier molecular flexibility index (Phi) is 7.42. The average Bonchev–Trinajstić information content (AvgIpc) is 3.30. The zero-order chi connectivity index (χ0) is 24.8. The fraction of sp³-hybridized carbons (Fsp3) is 0.360. The van der Waals surface area contributed by atoms with Gasteiger partial charge in [-0.05, 0) is 36.4 Å². The van der Waals surface area contributed by atoms with Gasteiger partial charge in [0.15, 0.2) is 5.82 Å². The van der Waals surface area contributed by atoms with E-state index in [0.717, 1.165) is 18.8 Å². The molecular formula is C25H30N6O4. The Labute approximate surface area is 204 Å². The van der Waals surface area contributed by atoms with Crippen molar-refractivity contribution in [2.24, 2.45) is 0 Å². The second-order valence-corrected chi connectivity index (χ2v) is 9.34. The molecule has 10 nitrogen and oxygen atoms in total. The number of carbonyl (C=O) groups excluding carboxylic acids is 2. The first-order valence-corrected chi connectivity index (χ1v) is 11.5. The van der Waals surface area contributed by atoms with Crippen LogP contribution >= 0.6 is 0 Å². The zero-order valence-electron chi connectivity index (χ0n) is 20.1. The van der Waals surface area contributed by atoms with Crippen LogP contribution in [0.3, 0.4) is 0 Å². The molecule has 0 aliphatic carbocycles. The van der Waals surface area contributed by atoms with Gasteiger partial charge in [0.2, 0.25) is 0 Å². The summed E-state index contributed by atoms with van der Waals surface area (Å²) in [5.41, 5.74) is 2.13. The van der Waals surface area contributed by atoms with E-state index in [1.165, 1.54) is 0 Å². The number of aromatic nitrogens is 2. The van der Waals surface area contributed by atoms with E-state index in [1.807, 2.05) is 32.9 Å². The van der Waals surface area contributed by atoms with E-state index in [1.54, 1.807) is 36.4 Å². The van der Waals surface area contributed by atoms with E-state index in [4.69, 9.17) is 9.26 Å². The van der Waals surface area contributed by atoms with E-state index in [2.05, 4.69) is 31.0 Å². The van der Waals surface area contributed by atoms with E-state index >= 15 is 0 Å². The molecular weight excluding hydrogens is 448 g/mol. The molecule has 1 aliphatic heterocycles. The van der Waals surface area contributed by atoms with Gasteiger partial charge < -0.3 is 19.9 Å². The molecule has 35 heavy (non-hydrogen) atoms. The molecule has 1 aromatic carbocycles. The van der Waals surface area contributed by atoms with E-state index in [0.29, 0.717) is 48.4 Å². The van der Waals surface area contributed by atoms with E-state index in [9.17, 15) is 9.59 Å². The summed E-state index contributed by atoms with van der Waals surface area (Å²) in [6.45, 7) is 9.80. The van der Waals surface area contributed by atoms with Crippen LogP contribution in [0.2, 0.25) is 0 Å². The highest BCUT2D eigenvalue weighted by Gasteiger charge is 2.20. The smallest absolute Gasteiger partial charge is 0.324 e. The number of carbonyl (C=O) groups is 2. The van der Waals surface area contributed by atoms with Crippen LogP contribution in [0.15, 0.2) is 53.1 Å². The number of nitrogens with zero attached hydrogens (tertiary/aromatic N) is 3. The molecule has 3 N–H and O–H groups in total. The average molecular weight is 479 g/mol. The molecule has 0 unspecified atom stereocenters. The number of ether oxygens (including phenoxy) is 1. The molecule has 3 amide bonds. The van der Waals surface area contributed by atoms with Crippen molar-refractivity contribution in [2.75, 3.05) is 42.3 Å². The first kappa shape index (κ1) is 24.4. The Balaban J connectivity index is 1.30. The second kappa shape index (κ2) is 10.7. The lowest BCUT2D eigenvalue weighted by atomic mass is 9.93. The maximum atomic E-state index is 12.7. The van der Waals surface area contributed by atoms with Gasteiger partial charge in [-0.1, -0.05) is 32.0 Å². The van der Waals surface area contributed by atoms with Gasteiger partial charge in [0.25, 0.3) is 5.91 Å². The van der Waals surface area contributed by atoms with Gasteiger partial charge in [-0.25, -0.2) is 9.78 Å². The monoisotopic (exact) mass is 478 g/mol. The largest absolute Gasteiger partial charge is 0.379 e. The van der Waals surface area contributed by atoms with Crippen molar-refractivity contribution in [1.82, 2.24) is 15.0 Å². The van der Waals surface area contributed by atoms with E-state index < -0.39 is 6.03 Å². The van der Waals surface area contributed by atoms with Crippen LogP contribution in [0.1, 0.15) is 42.7 Å². The number of urea groups is 1. The Morgan fingerprint density at radius 3 is 2.31 bits per heavy atom. The topological polar surface area (TPSA) is 122 Å². The van der Waals surface area contributed by atoms with Crippen molar-refractivity contribution in [2.45, 2.75) is 32.7 Å². The first-order valence-electron chi connectivity index (χ1n) is 11.5. The molecule has 4 rings (SSSR count). The molecule has 0 radical (unpaired) electrons. The number of hydrogen-bond donors (Lipinski definition) is 3. The number of morpholine rings is 1. The van der Waals surface area contributed by atoms with Crippen molar-refractivity contribution in [3.8, 4) is 0 Å². The summed E-state index contributed by atoms with van der Waals surface area (Å²) in [6, 6.07) is 13.5. The van der Waals surface area contributed by atoms with Crippen molar-refractivity contribution in [3.63, 3.8) is 0 Å². The van der Waals surface area contributed by atoms with Crippen molar-refractivity contribution >= 4 is 29.1 Å². The van der Waals surface area contributed by atoms with Crippen molar-refractivity contribution in [1.29, 1.82) is 0 Å². The lowest BCUT2D eigenvalue weighted by Gasteiger charge is -2.26. The fourth-order valence-corrected chi connectivity index (χ4v) is 3.48. The highest BCUT2D eigenvalue weighted by molar-refractivity contribution is 6.03. The maximum Gasteiger partial charge on any atom is 0.324 e. The van der Waals surface area contributed by atoms with Gasteiger partial charge in [-0.15, -0.1) is 0 Å². The number of nitrogens with one attached hydrogen (secondary N) is 3. The molecule has 2 aromatic heterocycles. The number of rotatable bonds is 6. The SMILES string of the molecule is CC(C)(C)c1cc(NC(=O)Nc2ccc(NC(=O)c3cccc(CN4CCOCC4)n3)cc2)no1. The summed E-state index contributed by atoms with van der Waals surface area (Å²) in [5, 5.41) is 12.1. The number of amides is 3. The number of anilines is 3. The number of hydrogen-bond acceptors (Lipinski definition) is 7. The van der Waals surface area contributed by atoms with Crippen molar-refractivity contribution in [3.05, 3.63) is 65.7 Å². The highest BCUT2D eigenvalue weighted by atomic mass is 16.5. The van der Waals surface area contributed by atoms with Gasteiger partial charge in [-0.2, -0.15) is 0 Å². The summed E-state index contributed by atoms with van der Waals surface area (Å²) in [7, 11) is 0. The van der Waals surface area contributed by atoms with Gasteiger partial charge >= 0.3 is 6.03 Å². The molecule has 1 saturated heterocycles. The quantitative estimate of drug-likeness (QED) is 0.488. The predicted molar refractivity (Wildman–Crippen MR) is 133 cm³/mol. The molecule has 10 heteroatoms. The lowest BCUT2D eigenvalue weighted by Crippen LogP contribution is -2.36. The molecule has 0 spiro atoms. The molecule has 3 aromatic rings. The zero-order valence-corrected chi connectivity index (χ0v) is 20.1. The minimum Gasteiger partial charge on any atom is -0.379 e. The molecule has 1 fully saturated rings. The molecule has 0 atom stereocenters.